The van der Waals surface area contributed by atoms with E-state index in [9.17, 15) is 14.0 Å². The average Bonchev–Trinajstić information content (AvgIpc) is 2.79. The molecule has 0 spiro atoms. The molecule has 1 heterocycles. The molecule has 0 aromatic heterocycles. The number of carbonyl (C=O) groups is 2. The van der Waals surface area contributed by atoms with Crippen molar-refractivity contribution in [3.05, 3.63) is 42.2 Å². The first-order valence-electron chi connectivity index (χ1n) is 5.87. The van der Waals surface area contributed by atoms with E-state index in [0.717, 1.165) is 6.07 Å². The van der Waals surface area contributed by atoms with Crippen LogP contribution < -0.4 is 4.90 Å². The van der Waals surface area contributed by atoms with Gasteiger partial charge in [-0.25, -0.2) is 9.18 Å². The van der Waals surface area contributed by atoms with E-state index in [1.165, 1.54) is 24.1 Å². The normalized spacial score (nSPS) is 18.5. The number of hydrogen-bond acceptors (Lipinski definition) is 3. The van der Waals surface area contributed by atoms with Crippen LogP contribution in [0.15, 0.2) is 30.9 Å². The monoisotopic (exact) mass is 263 g/mol. The standard InChI is InChI=1S/C14H14FNO3/c1-3-9-6-13(17)16(8-9)12-5-4-10(15)7-11(12)14(18)19-2/h3-5,7,9H,1,6,8H2,2H3. The second-order valence-corrected chi connectivity index (χ2v) is 4.36. The molecule has 0 radical (unpaired) electrons. The zero-order chi connectivity index (χ0) is 14.0. The fourth-order valence-corrected chi connectivity index (χ4v) is 2.14. The zero-order valence-electron chi connectivity index (χ0n) is 10.6. The van der Waals surface area contributed by atoms with Crippen LogP contribution in [0.4, 0.5) is 10.1 Å². The van der Waals surface area contributed by atoms with Crippen molar-refractivity contribution < 1.29 is 18.7 Å². The lowest BCUT2D eigenvalue weighted by atomic mass is 10.1. The van der Waals surface area contributed by atoms with Crippen LogP contribution in [0.3, 0.4) is 0 Å². The minimum absolute atomic E-state index is 0.0445. The van der Waals surface area contributed by atoms with Gasteiger partial charge in [0.2, 0.25) is 5.91 Å². The molecule has 1 fully saturated rings. The van der Waals surface area contributed by atoms with Crippen LogP contribution in [0.5, 0.6) is 0 Å². The minimum atomic E-state index is -0.663. The molecule has 1 amide bonds. The van der Waals surface area contributed by atoms with Gasteiger partial charge < -0.3 is 9.64 Å². The van der Waals surface area contributed by atoms with Crippen molar-refractivity contribution in [1.29, 1.82) is 0 Å². The van der Waals surface area contributed by atoms with E-state index in [2.05, 4.69) is 11.3 Å². The summed E-state index contributed by atoms with van der Waals surface area (Å²) >= 11 is 0. The highest BCUT2D eigenvalue weighted by atomic mass is 19.1. The third kappa shape index (κ3) is 2.50. The molecule has 1 saturated heterocycles. The highest BCUT2D eigenvalue weighted by molar-refractivity contribution is 6.03. The van der Waals surface area contributed by atoms with Crippen molar-refractivity contribution in [3.8, 4) is 0 Å². The molecule has 4 nitrogen and oxygen atoms in total. The molecule has 1 atom stereocenters. The molecule has 1 aliphatic heterocycles. The largest absolute Gasteiger partial charge is 0.465 e. The molecule has 0 saturated carbocycles. The second kappa shape index (κ2) is 5.22. The number of ether oxygens (including phenoxy) is 1. The number of methoxy groups -OCH3 is 1. The van der Waals surface area contributed by atoms with Crippen molar-refractivity contribution in [2.75, 3.05) is 18.6 Å². The van der Waals surface area contributed by atoms with Gasteiger partial charge in [0, 0.05) is 18.9 Å². The number of anilines is 1. The fourth-order valence-electron chi connectivity index (χ4n) is 2.14. The molecule has 100 valence electrons. The lowest BCUT2D eigenvalue weighted by Crippen LogP contribution is -2.26. The van der Waals surface area contributed by atoms with Crippen LogP contribution in [0.1, 0.15) is 16.8 Å². The lowest BCUT2D eigenvalue weighted by molar-refractivity contribution is -0.117. The Kier molecular flexibility index (Phi) is 3.64. The Morgan fingerprint density at radius 1 is 1.58 bits per heavy atom. The van der Waals surface area contributed by atoms with Crippen LogP contribution in [0.25, 0.3) is 0 Å². The van der Waals surface area contributed by atoms with Crippen LogP contribution in [0, 0.1) is 11.7 Å². The Morgan fingerprint density at radius 3 is 2.89 bits per heavy atom. The smallest absolute Gasteiger partial charge is 0.340 e. The predicted octanol–water partition coefficient (Wildman–Crippen LogP) is 2.15. The van der Waals surface area contributed by atoms with E-state index in [4.69, 9.17) is 0 Å². The average molecular weight is 263 g/mol. The topological polar surface area (TPSA) is 46.6 Å². The molecular formula is C14H14FNO3. The first kappa shape index (κ1) is 13.3. The second-order valence-electron chi connectivity index (χ2n) is 4.36. The number of nitrogens with zero attached hydrogens (tertiary/aromatic N) is 1. The molecule has 0 aliphatic carbocycles. The van der Waals surface area contributed by atoms with E-state index >= 15 is 0 Å². The molecule has 1 aromatic carbocycles. The van der Waals surface area contributed by atoms with Gasteiger partial charge in [-0.05, 0) is 18.2 Å². The van der Waals surface area contributed by atoms with Crippen LogP contribution in [-0.2, 0) is 9.53 Å². The van der Waals surface area contributed by atoms with E-state index in [-0.39, 0.29) is 17.4 Å². The number of hydrogen-bond donors (Lipinski definition) is 0. The Morgan fingerprint density at radius 2 is 2.32 bits per heavy atom. The summed E-state index contributed by atoms with van der Waals surface area (Å²) in [6.07, 6.45) is 2.06. The fraction of sp³-hybridized carbons (Fsp3) is 0.286. The molecule has 1 aromatic rings. The van der Waals surface area contributed by atoms with E-state index in [0.29, 0.717) is 18.7 Å². The van der Waals surface area contributed by atoms with Crippen molar-refractivity contribution in [2.45, 2.75) is 6.42 Å². The number of amides is 1. The van der Waals surface area contributed by atoms with Gasteiger partial charge in [0.1, 0.15) is 5.82 Å². The lowest BCUT2D eigenvalue weighted by Gasteiger charge is -2.19. The Bertz CT molecular complexity index is 541. The van der Waals surface area contributed by atoms with Crippen molar-refractivity contribution in [3.63, 3.8) is 0 Å². The maximum atomic E-state index is 13.2. The summed E-state index contributed by atoms with van der Waals surface area (Å²) in [7, 11) is 1.22. The molecule has 0 bridgehead atoms. The summed E-state index contributed by atoms with van der Waals surface area (Å²) < 4.78 is 17.9. The third-order valence-corrected chi connectivity index (χ3v) is 3.14. The van der Waals surface area contributed by atoms with Crippen molar-refractivity contribution >= 4 is 17.6 Å². The van der Waals surface area contributed by atoms with E-state index in [1.807, 2.05) is 0 Å². The van der Waals surface area contributed by atoms with Gasteiger partial charge in [0.25, 0.3) is 0 Å². The Labute approximate surface area is 110 Å². The number of esters is 1. The van der Waals surface area contributed by atoms with Gasteiger partial charge in [-0.1, -0.05) is 6.08 Å². The predicted molar refractivity (Wildman–Crippen MR) is 68.4 cm³/mol. The zero-order valence-corrected chi connectivity index (χ0v) is 10.6. The summed E-state index contributed by atoms with van der Waals surface area (Å²) in [4.78, 5) is 25.0. The summed E-state index contributed by atoms with van der Waals surface area (Å²) in [5.41, 5.74) is 0.433. The van der Waals surface area contributed by atoms with Gasteiger partial charge in [0.05, 0.1) is 18.4 Å². The summed E-state index contributed by atoms with van der Waals surface area (Å²) in [6.45, 7) is 4.10. The van der Waals surface area contributed by atoms with Crippen LogP contribution in [-0.4, -0.2) is 25.5 Å². The number of carbonyl (C=O) groups excluding carboxylic acids is 2. The Hall–Kier alpha value is -2.17. The number of benzene rings is 1. The van der Waals surface area contributed by atoms with Gasteiger partial charge in [-0.15, -0.1) is 6.58 Å². The molecular weight excluding hydrogens is 249 g/mol. The highest BCUT2D eigenvalue weighted by Crippen LogP contribution is 2.29. The SMILES string of the molecule is C=CC1CC(=O)N(c2ccc(F)cc2C(=O)OC)C1. The van der Waals surface area contributed by atoms with Gasteiger partial charge in [-0.3, -0.25) is 4.79 Å². The first-order chi connectivity index (χ1) is 9.06. The van der Waals surface area contributed by atoms with Gasteiger partial charge in [0.15, 0.2) is 0 Å². The maximum absolute atomic E-state index is 13.2. The third-order valence-electron chi connectivity index (χ3n) is 3.14. The summed E-state index contributed by atoms with van der Waals surface area (Å²) in [5, 5.41) is 0. The summed E-state index contributed by atoms with van der Waals surface area (Å²) in [5.74, 6) is -1.27. The molecule has 2 rings (SSSR count). The van der Waals surface area contributed by atoms with Crippen LogP contribution >= 0.6 is 0 Å². The van der Waals surface area contributed by atoms with Crippen molar-refractivity contribution in [1.82, 2.24) is 0 Å². The Balaban J connectivity index is 2.42. The van der Waals surface area contributed by atoms with Crippen molar-refractivity contribution in [2.24, 2.45) is 5.92 Å². The molecule has 1 aliphatic rings. The minimum Gasteiger partial charge on any atom is -0.465 e. The maximum Gasteiger partial charge on any atom is 0.340 e. The molecule has 19 heavy (non-hydrogen) atoms. The highest BCUT2D eigenvalue weighted by Gasteiger charge is 2.31. The number of halogens is 1. The van der Waals surface area contributed by atoms with E-state index in [1.54, 1.807) is 6.08 Å². The molecule has 0 N–H and O–H groups in total. The van der Waals surface area contributed by atoms with Gasteiger partial charge in [-0.2, -0.15) is 0 Å². The quantitative estimate of drug-likeness (QED) is 0.620. The first-order valence-corrected chi connectivity index (χ1v) is 5.87. The summed E-state index contributed by atoms with van der Waals surface area (Å²) in [6, 6.07) is 3.72. The number of rotatable bonds is 3. The molecule has 1 unspecified atom stereocenters. The van der Waals surface area contributed by atoms with Crippen LogP contribution in [0.2, 0.25) is 0 Å². The molecule has 5 heteroatoms. The van der Waals surface area contributed by atoms with E-state index < -0.39 is 11.8 Å². The van der Waals surface area contributed by atoms with Gasteiger partial charge >= 0.3 is 5.97 Å².